The first-order valence-corrected chi connectivity index (χ1v) is 6.27. The number of rotatable bonds is 4. The van der Waals surface area contributed by atoms with Crippen molar-refractivity contribution in [2.75, 3.05) is 5.88 Å². The molecule has 1 aromatic heterocycles. The van der Waals surface area contributed by atoms with E-state index in [-0.39, 0.29) is 0 Å². The number of hydrogen-bond donors (Lipinski definition) is 0. The maximum Gasteiger partial charge on any atom is 0.247 e. The Morgan fingerprint density at radius 1 is 1.29 bits per heavy atom. The van der Waals surface area contributed by atoms with E-state index < -0.39 is 0 Å². The summed E-state index contributed by atoms with van der Waals surface area (Å²) in [5.41, 5.74) is 1.86. The van der Waals surface area contributed by atoms with Crippen LogP contribution in [0.15, 0.2) is 22.6 Å². The highest BCUT2D eigenvalue weighted by molar-refractivity contribution is 6.31. The minimum absolute atomic E-state index is 0.497. The molecular formula is C12H12Cl2N2O. The lowest BCUT2D eigenvalue weighted by molar-refractivity contribution is 0.502. The van der Waals surface area contributed by atoms with Crippen molar-refractivity contribution in [2.45, 2.75) is 19.8 Å². The lowest BCUT2D eigenvalue weighted by atomic mass is 10.1. The van der Waals surface area contributed by atoms with Crippen LogP contribution < -0.4 is 0 Å². The smallest absolute Gasteiger partial charge is 0.247 e. The fourth-order valence-electron chi connectivity index (χ4n) is 1.42. The van der Waals surface area contributed by atoms with Crippen LogP contribution in [0.5, 0.6) is 0 Å². The normalized spacial score (nSPS) is 10.8. The molecule has 90 valence electrons. The Morgan fingerprint density at radius 2 is 2.12 bits per heavy atom. The summed E-state index contributed by atoms with van der Waals surface area (Å²) in [6, 6.07) is 5.68. The standard InChI is InChI=1S/C12H12Cl2N2O/c1-8-4-5-9(7-10(8)14)12-16-15-11(17-12)3-2-6-13/h4-5,7H,2-3,6H2,1H3. The molecule has 1 aromatic carbocycles. The molecule has 0 saturated carbocycles. The average Bonchev–Trinajstić information content (AvgIpc) is 2.79. The summed E-state index contributed by atoms with van der Waals surface area (Å²) >= 11 is 11.7. The van der Waals surface area contributed by atoms with Gasteiger partial charge in [0, 0.05) is 22.9 Å². The zero-order valence-electron chi connectivity index (χ0n) is 9.41. The Hall–Kier alpha value is -1.06. The van der Waals surface area contributed by atoms with Gasteiger partial charge in [0.2, 0.25) is 11.8 Å². The Balaban J connectivity index is 2.21. The minimum Gasteiger partial charge on any atom is -0.421 e. The SMILES string of the molecule is Cc1ccc(-c2nnc(CCCCl)o2)cc1Cl. The molecule has 0 unspecified atom stereocenters. The molecular weight excluding hydrogens is 259 g/mol. The molecule has 0 aliphatic heterocycles. The van der Waals surface area contributed by atoms with E-state index in [9.17, 15) is 0 Å². The molecule has 0 saturated heterocycles. The maximum absolute atomic E-state index is 6.05. The van der Waals surface area contributed by atoms with Gasteiger partial charge < -0.3 is 4.42 Å². The van der Waals surface area contributed by atoms with E-state index in [4.69, 9.17) is 27.6 Å². The molecule has 0 N–H and O–H groups in total. The predicted octanol–water partition coefficient (Wildman–Crippen LogP) is 3.87. The summed E-state index contributed by atoms with van der Waals surface area (Å²) in [6.45, 7) is 1.95. The van der Waals surface area contributed by atoms with E-state index in [0.29, 0.717) is 29.1 Å². The van der Waals surface area contributed by atoms with E-state index in [1.165, 1.54) is 0 Å². The summed E-state index contributed by atoms with van der Waals surface area (Å²) in [7, 11) is 0. The highest BCUT2D eigenvalue weighted by Gasteiger charge is 2.09. The predicted molar refractivity (Wildman–Crippen MR) is 68.5 cm³/mol. The van der Waals surface area contributed by atoms with Crippen LogP contribution in [0.2, 0.25) is 5.02 Å². The lowest BCUT2D eigenvalue weighted by Crippen LogP contribution is -1.85. The molecule has 0 bridgehead atoms. The molecule has 1 heterocycles. The summed E-state index contributed by atoms with van der Waals surface area (Å²) in [5, 5.41) is 8.65. The first-order chi connectivity index (χ1) is 8.20. The fourth-order valence-corrected chi connectivity index (χ4v) is 1.73. The van der Waals surface area contributed by atoms with Gasteiger partial charge in [-0.25, -0.2) is 0 Å². The molecule has 2 aromatic rings. The first-order valence-electron chi connectivity index (χ1n) is 5.35. The van der Waals surface area contributed by atoms with Gasteiger partial charge in [0.15, 0.2) is 0 Å². The van der Waals surface area contributed by atoms with Gasteiger partial charge in [0.25, 0.3) is 0 Å². The quantitative estimate of drug-likeness (QED) is 0.792. The Labute approximate surface area is 110 Å². The summed E-state index contributed by atoms with van der Waals surface area (Å²) in [4.78, 5) is 0. The van der Waals surface area contributed by atoms with Crippen LogP contribution in [0.25, 0.3) is 11.5 Å². The van der Waals surface area contributed by atoms with Crippen LogP contribution in [0.1, 0.15) is 17.9 Å². The molecule has 0 aliphatic rings. The van der Waals surface area contributed by atoms with Gasteiger partial charge in [-0.3, -0.25) is 0 Å². The maximum atomic E-state index is 6.05. The summed E-state index contributed by atoms with van der Waals surface area (Å²) in [6.07, 6.45) is 1.54. The van der Waals surface area contributed by atoms with Crippen LogP contribution in [-0.2, 0) is 6.42 Å². The zero-order valence-corrected chi connectivity index (χ0v) is 10.9. The molecule has 0 amide bonds. The van der Waals surface area contributed by atoms with Crippen molar-refractivity contribution >= 4 is 23.2 Å². The molecule has 0 fully saturated rings. The Bertz CT molecular complexity index is 511. The Kier molecular flexibility index (Phi) is 4.02. The van der Waals surface area contributed by atoms with Crippen molar-refractivity contribution in [3.63, 3.8) is 0 Å². The van der Waals surface area contributed by atoms with Crippen LogP contribution in [-0.4, -0.2) is 16.1 Å². The largest absolute Gasteiger partial charge is 0.421 e. The van der Waals surface area contributed by atoms with Crippen molar-refractivity contribution in [3.8, 4) is 11.5 Å². The minimum atomic E-state index is 0.497. The first kappa shape index (κ1) is 12.4. The second kappa shape index (κ2) is 5.52. The van der Waals surface area contributed by atoms with Crippen LogP contribution >= 0.6 is 23.2 Å². The van der Waals surface area contributed by atoms with E-state index >= 15 is 0 Å². The highest BCUT2D eigenvalue weighted by Crippen LogP contribution is 2.24. The number of hydrogen-bond acceptors (Lipinski definition) is 3. The third-order valence-corrected chi connectivity index (χ3v) is 3.08. The van der Waals surface area contributed by atoms with Crippen molar-refractivity contribution in [1.82, 2.24) is 10.2 Å². The molecule has 0 aliphatic carbocycles. The van der Waals surface area contributed by atoms with Crippen molar-refractivity contribution < 1.29 is 4.42 Å². The van der Waals surface area contributed by atoms with Gasteiger partial charge in [-0.1, -0.05) is 17.7 Å². The van der Waals surface area contributed by atoms with E-state index in [1.807, 2.05) is 25.1 Å². The highest BCUT2D eigenvalue weighted by atomic mass is 35.5. The van der Waals surface area contributed by atoms with Crippen molar-refractivity contribution in [2.24, 2.45) is 0 Å². The van der Waals surface area contributed by atoms with Crippen LogP contribution in [0, 0.1) is 6.92 Å². The third-order valence-electron chi connectivity index (χ3n) is 2.41. The van der Waals surface area contributed by atoms with Gasteiger partial charge in [-0.15, -0.1) is 21.8 Å². The molecule has 0 atom stereocenters. The summed E-state index contributed by atoms with van der Waals surface area (Å²) in [5.74, 6) is 1.70. The van der Waals surface area contributed by atoms with E-state index in [2.05, 4.69) is 10.2 Å². The van der Waals surface area contributed by atoms with E-state index in [0.717, 1.165) is 17.5 Å². The monoisotopic (exact) mass is 270 g/mol. The lowest BCUT2D eigenvalue weighted by Gasteiger charge is -1.99. The average molecular weight is 271 g/mol. The number of alkyl halides is 1. The van der Waals surface area contributed by atoms with Crippen LogP contribution in [0.3, 0.4) is 0 Å². The van der Waals surface area contributed by atoms with Gasteiger partial charge >= 0.3 is 0 Å². The van der Waals surface area contributed by atoms with Crippen molar-refractivity contribution in [1.29, 1.82) is 0 Å². The van der Waals surface area contributed by atoms with Crippen molar-refractivity contribution in [3.05, 3.63) is 34.7 Å². The second-order valence-electron chi connectivity index (χ2n) is 3.76. The van der Waals surface area contributed by atoms with E-state index in [1.54, 1.807) is 0 Å². The molecule has 17 heavy (non-hydrogen) atoms. The summed E-state index contributed by atoms with van der Waals surface area (Å²) < 4.78 is 5.53. The van der Waals surface area contributed by atoms with Gasteiger partial charge in [-0.05, 0) is 31.0 Å². The third kappa shape index (κ3) is 2.99. The zero-order chi connectivity index (χ0) is 12.3. The van der Waals surface area contributed by atoms with Gasteiger partial charge in [0.05, 0.1) is 0 Å². The molecule has 0 spiro atoms. The number of nitrogens with zero attached hydrogens (tertiary/aromatic N) is 2. The number of aryl methyl sites for hydroxylation is 2. The molecule has 3 nitrogen and oxygen atoms in total. The Morgan fingerprint density at radius 3 is 2.82 bits per heavy atom. The molecule has 5 heteroatoms. The fraction of sp³-hybridized carbons (Fsp3) is 0.333. The van der Waals surface area contributed by atoms with Gasteiger partial charge in [-0.2, -0.15) is 0 Å². The number of halogens is 2. The molecule has 2 rings (SSSR count). The molecule has 0 radical (unpaired) electrons. The topological polar surface area (TPSA) is 38.9 Å². The number of benzene rings is 1. The number of aromatic nitrogens is 2. The van der Waals surface area contributed by atoms with Crippen LogP contribution in [0.4, 0.5) is 0 Å². The van der Waals surface area contributed by atoms with Gasteiger partial charge in [0.1, 0.15) is 0 Å². The second-order valence-corrected chi connectivity index (χ2v) is 4.54.